The number of rotatable bonds is 4. The van der Waals surface area contributed by atoms with Crippen molar-refractivity contribution in [1.29, 1.82) is 0 Å². The first kappa shape index (κ1) is 12.2. The SMILES string of the molecule is O=C(O)CC(Cl)C(=O)c1ccc(Br)cc1. The zero-order chi connectivity index (χ0) is 11.4. The van der Waals surface area contributed by atoms with Crippen molar-refractivity contribution in [1.82, 2.24) is 0 Å². The molecule has 0 amide bonds. The van der Waals surface area contributed by atoms with Crippen LogP contribution in [0.1, 0.15) is 16.8 Å². The van der Waals surface area contributed by atoms with Crippen LogP contribution in [-0.4, -0.2) is 22.2 Å². The van der Waals surface area contributed by atoms with Crippen molar-refractivity contribution in [2.45, 2.75) is 11.8 Å². The van der Waals surface area contributed by atoms with E-state index in [9.17, 15) is 9.59 Å². The molecule has 1 rings (SSSR count). The molecular weight excluding hydrogens is 283 g/mol. The summed E-state index contributed by atoms with van der Waals surface area (Å²) in [5, 5.41) is 7.47. The molecule has 1 unspecified atom stereocenters. The molecule has 3 nitrogen and oxygen atoms in total. The van der Waals surface area contributed by atoms with Crippen LogP contribution >= 0.6 is 27.5 Å². The third kappa shape index (κ3) is 3.64. The van der Waals surface area contributed by atoms with Gasteiger partial charge in [0.2, 0.25) is 0 Å². The Balaban J connectivity index is 2.76. The van der Waals surface area contributed by atoms with Crippen LogP contribution < -0.4 is 0 Å². The standard InChI is InChI=1S/C10H8BrClO3/c11-7-3-1-6(2-4-7)10(15)8(12)5-9(13)14/h1-4,8H,5H2,(H,13,14). The molecule has 0 radical (unpaired) electrons. The molecule has 0 bridgehead atoms. The Hall–Kier alpha value is -0.870. The lowest BCUT2D eigenvalue weighted by atomic mass is 10.1. The smallest absolute Gasteiger partial charge is 0.305 e. The highest BCUT2D eigenvalue weighted by Gasteiger charge is 2.20. The van der Waals surface area contributed by atoms with Crippen LogP contribution in [0.4, 0.5) is 0 Å². The number of alkyl halides is 1. The summed E-state index contributed by atoms with van der Waals surface area (Å²) in [6.45, 7) is 0. The maximum absolute atomic E-state index is 11.6. The summed E-state index contributed by atoms with van der Waals surface area (Å²) in [6, 6.07) is 6.61. The largest absolute Gasteiger partial charge is 0.481 e. The number of Topliss-reactive ketones (excluding diaryl/α,β-unsaturated/α-hetero) is 1. The van der Waals surface area contributed by atoms with E-state index in [-0.39, 0.29) is 12.2 Å². The van der Waals surface area contributed by atoms with E-state index in [1.807, 2.05) is 0 Å². The minimum atomic E-state index is -1.08. The number of carboxylic acid groups (broad SMARTS) is 1. The fourth-order valence-corrected chi connectivity index (χ4v) is 1.56. The predicted octanol–water partition coefficient (Wildman–Crippen LogP) is 2.71. The van der Waals surface area contributed by atoms with Crippen LogP contribution in [0.5, 0.6) is 0 Å². The highest BCUT2D eigenvalue weighted by molar-refractivity contribution is 9.10. The second-order valence-corrected chi connectivity index (χ2v) is 4.38. The molecule has 0 heterocycles. The van der Waals surface area contributed by atoms with Crippen molar-refractivity contribution >= 4 is 39.3 Å². The summed E-state index contributed by atoms with van der Waals surface area (Å²) in [4.78, 5) is 21.9. The molecule has 0 saturated heterocycles. The predicted molar refractivity (Wildman–Crippen MR) is 60.4 cm³/mol. The average Bonchev–Trinajstić information content (AvgIpc) is 2.17. The summed E-state index contributed by atoms with van der Waals surface area (Å²) >= 11 is 8.89. The molecule has 0 saturated carbocycles. The summed E-state index contributed by atoms with van der Waals surface area (Å²) in [5.41, 5.74) is 0.416. The maximum atomic E-state index is 11.6. The molecule has 0 aliphatic carbocycles. The number of carboxylic acids is 1. The molecule has 1 N–H and O–H groups in total. The lowest BCUT2D eigenvalue weighted by Crippen LogP contribution is -2.18. The van der Waals surface area contributed by atoms with E-state index >= 15 is 0 Å². The first-order valence-electron chi connectivity index (χ1n) is 4.16. The van der Waals surface area contributed by atoms with E-state index in [4.69, 9.17) is 16.7 Å². The summed E-state index contributed by atoms with van der Waals surface area (Å²) in [5.74, 6) is -1.45. The number of carbonyl (C=O) groups excluding carboxylic acids is 1. The summed E-state index contributed by atoms with van der Waals surface area (Å²) < 4.78 is 0.850. The Labute approximate surface area is 100 Å². The Morgan fingerprint density at radius 1 is 1.33 bits per heavy atom. The highest BCUT2D eigenvalue weighted by atomic mass is 79.9. The quantitative estimate of drug-likeness (QED) is 0.685. The van der Waals surface area contributed by atoms with E-state index < -0.39 is 11.3 Å². The first-order valence-corrected chi connectivity index (χ1v) is 5.39. The van der Waals surface area contributed by atoms with Crippen molar-refractivity contribution < 1.29 is 14.7 Å². The fourth-order valence-electron chi connectivity index (χ4n) is 1.04. The number of hydrogen-bond acceptors (Lipinski definition) is 2. The lowest BCUT2D eigenvalue weighted by molar-refractivity contribution is -0.136. The van der Waals surface area contributed by atoms with Gasteiger partial charge in [-0.1, -0.05) is 28.1 Å². The van der Waals surface area contributed by atoms with E-state index in [0.717, 1.165) is 4.47 Å². The molecule has 0 aliphatic rings. The van der Waals surface area contributed by atoms with Crippen molar-refractivity contribution in [2.75, 3.05) is 0 Å². The molecule has 0 spiro atoms. The van der Waals surface area contributed by atoms with Gasteiger partial charge in [-0.2, -0.15) is 0 Å². The third-order valence-electron chi connectivity index (χ3n) is 1.77. The number of hydrogen-bond donors (Lipinski definition) is 1. The number of aliphatic carboxylic acids is 1. The van der Waals surface area contributed by atoms with Gasteiger partial charge in [0.15, 0.2) is 5.78 Å². The van der Waals surface area contributed by atoms with Crippen molar-refractivity contribution in [3.8, 4) is 0 Å². The second kappa shape index (κ2) is 5.28. The molecule has 80 valence electrons. The van der Waals surface area contributed by atoms with E-state index in [2.05, 4.69) is 15.9 Å². The van der Waals surface area contributed by atoms with Crippen LogP contribution in [0.15, 0.2) is 28.7 Å². The summed E-state index contributed by atoms with van der Waals surface area (Å²) in [7, 11) is 0. The van der Waals surface area contributed by atoms with Crippen molar-refractivity contribution in [2.24, 2.45) is 0 Å². The third-order valence-corrected chi connectivity index (χ3v) is 2.65. The molecule has 1 aromatic rings. The molecule has 1 atom stereocenters. The van der Waals surface area contributed by atoms with Gasteiger partial charge in [-0.05, 0) is 12.1 Å². The van der Waals surface area contributed by atoms with Crippen LogP contribution in [0, 0.1) is 0 Å². The fraction of sp³-hybridized carbons (Fsp3) is 0.200. The van der Waals surface area contributed by atoms with Crippen LogP contribution in [-0.2, 0) is 4.79 Å². The Bertz CT molecular complexity index is 375. The Morgan fingerprint density at radius 3 is 2.33 bits per heavy atom. The average molecular weight is 292 g/mol. The monoisotopic (exact) mass is 290 g/mol. The number of ketones is 1. The molecule has 0 aliphatic heterocycles. The van der Waals surface area contributed by atoms with Gasteiger partial charge in [0.25, 0.3) is 0 Å². The van der Waals surface area contributed by atoms with Gasteiger partial charge in [-0.25, -0.2) is 0 Å². The van der Waals surface area contributed by atoms with Crippen molar-refractivity contribution in [3.63, 3.8) is 0 Å². The van der Waals surface area contributed by atoms with Crippen LogP contribution in [0.25, 0.3) is 0 Å². The van der Waals surface area contributed by atoms with Gasteiger partial charge < -0.3 is 5.11 Å². The van der Waals surface area contributed by atoms with E-state index in [0.29, 0.717) is 5.56 Å². The van der Waals surface area contributed by atoms with Gasteiger partial charge in [-0.3, -0.25) is 9.59 Å². The second-order valence-electron chi connectivity index (χ2n) is 2.94. The number of benzene rings is 1. The topological polar surface area (TPSA) is 54.4 Å². The molecule has 1 aromatic carbocycles. The van der Waals surface area contributed by atoms with Gasteiger partial charge in [0.1, 0.15) is 5.38 Å². The van der Waals surface area contributed by atoms with E-state index in [1.165, 1.54) is 0 Å². The normalized spacial score (nSPS) is 12.1. The minimum Gasteiger partial charge on any atom is -0.481 e. The van der Waals surface area contributed by atoms with E-state index in [1.54, 1.807) is 24.3 Å². The minimum absolute atomic E-state index is 0.365. The lowest BCUT2D eigenvalue weighted by Gasteiger charge is -2.05. The zero-order valence-corrected chi connectivity index (χ0v) is 9.96. The molecule has 5 heteroatoms. The molecule has 0 aromatic heterocycles. The molecule has 0 fully saturated rings. The number of carbonyl (C=O) groups is 2. The van der Waals surface area contributed by atoms with Crippen LogP contribution in [0.3, 0.4) is 0 Å². The van der Waals surface area contributed by atoms with Gasteiger partial charge in [-0.15, -0.1) is 11.6 Å². The Morgan fingerprint density at radius 2 is 1.87 bits per heavy atom. The highest BCUT2D eigenvalue weighted by Crippen LogP contribution is 2.15. The van der Waals surface area contributed by atoms with Gasteiger partial charge >= 0.3 is 5.97 Å². The zero-order valence-electron chi connectivity index (χ0n) is 7.61. The molecule has 15 heavy (non-hydrogen) atoms. The van der Waals surface area contributed by atoms with Crippen LogP contribution in [0.2, 0.25) is 0 Å². The van der Waals surface area contributed by atoms with Crippen molar-refractivity contribution in [3.05, 3.63) is 34.3 Å². The first-order chi connectivity index (χ1) is 7.00. The number of halogens is 2. The van der Waals surface area contributed by atoms with Gasteiger partial charge in [0, 0.05) is 10.0 Å². The maximum Gasteiger partial charge on any atom is 0.305 e. The summed E-state index contributed by atoms with van der Waals surface area (Å²) in [6.07, 6.45) is -0.365. The Kier molecular flexibility index (Phi) is 4.29. The molecular formula is C10H8BrClO3. The van der Waals surface area contributed by atoms with Gasteiger partial charge in [0.05, 0.1) is 6.42 Å².